The molecule has 0 spiro atoms. The van der Waals surface area contributed by atoms with E-state index in [1.54, 1.807) is 11.3 Å². The topological polar surface area (TPSA) is 40.9 Å². The van der Waals surface area contributed by atoms with Crippen molar-refractivity contribution in [3.8, 4) is 11.3 Å². The highest BCUT2D eigenvalue weighted by Crippen LogP contribution is 2.24. The molecule has 1 aliphatic rings. The third kappa shape index (κ3) is 3.39. The van der Waals surface area contributed by atoms with Gasteiger partial charge in [0.25, 0.3) is 0 Å². The number of carbonyl (C=O) groups excluding carboxylic acids is 1. The maximum absolute atomic E-state index is 12.6. The summed E-state index contributed by atoms with van der Waals surface area (Å²) in [7, 11) is 2.10. The normalized spacial score (nSPS) is 15.7. The summed E-state index contributed by atoms with van der Waals surface area (Å²) >= 11 is 1.60. The fourth-order valence-electron chi connectivity index (χ4n) is 3.33. The number of hydrogen-bond donors (Lipinski definition) is 0. The van der Waals surface area contributed by atoms with Crippen LogP contribution in [-0.2, 0) is 17.6 Å². The Morgan fingerprint density at radius 1 is 1.15 bits per heavy atom. The van der Waals surface area contributed by atoms with E-state index in [1.165, 1.54) is 5.56 Å². The van der Waals surface area contributed by atoms with Gasteiger partial charge in [0, 0.05) is 49.0 Å². The van der Waals surface area contributed by atoms with Crippen LogP contribution in [0.1, 0.15) is 18.2 Å². The Bertz CT molecular complexity index is 904. The summed E-state index contributed by atoms with van der Waals surface area (Å²) in [5.74, 6) is 0.209. The molecule has 1 saturated heterocycles. The van der Waals surface area contributed by atoms with Gasteiger partial charge in [-0.25, -0.2) is 4.98 Å². The quantitative estimate of drug-likeness (QED) is 0.711. The molecule has 0 bridgehead atoms. The van der Waals surface area contributed by atoms with Gasteiger partial charge < -0.3 is 9.80 Å². The minimum absolute atomic E-state index is 0.209. The summed E-state index contributed by atoms with van der Waals surface area (Å²) in [5.41, 5.74) is 4.44. The van der Waals surface area contributed by atoms with Gasteiger partial charge in [0.2, 0.25) is 5.91 Å². The summed E-state index contributed by atoms with van der Waals surface area (Å²) in [4.78, 5) is 22.6. The Kier molecular flexibility index (Phi) is 4.78. The Morgan fingerprint density at radius 3 is 2.58 bits per heavy atom. The summed E-state index contributed by atoms with van der Waals surface area (Å²) in [5, 5.41) is 2.06. The van der Waals surface area contributed by atoms with Gasteiger partial charge in [-0.05, 0) is 19.0 Å². The zero-order valence-electron chi connectivity index (χ0n) is 15.3. The number of likely N-dealkylation sites (N-methyl/N-ethyl adjacent to an activating group) is 1. The number of rotatable bonds is 4. The second kappa shape index (κ2) is 7.21. The first-order chi connectivity index (χ1) is 12.6. The molecule has 1 aromatic carbocycles. The minimum Gasteiger partial charge on any atom is -0.340 e. The molecule has 1 amide bonds. The number of imidazole rings is 1. The monoisotopic (exact) mass is 368 g/mol. The molecule has 0 aliphatic carbocycles. The highest BCUT2D eigenvalue weighted by molar-refractivity contribution is 7.15. The van der Waals surface area contributed by atoms with Crippen molar-refractivity contribution >= 4 is 22.2 Å². The highest BCUT2D eigenvalue weighted by atomic mass is 32.1. The number of piperazine rings is 1. The first-order valence-corrected chi connectivity index (χ1v) is 10.0. The number of nitrogens with zero attached hydrogens (tertiary/aromatic N) is 4. The van der Waals surface area contributed by atoms with Crippen LogP contribution in [0.5, 0.6) is 0 Å². The third-order valence-corrected chi connectivity index (χ3v) is 6.02. The second-order valence-corrected chi connectivity index (χ2v) is 7.75. The van der Waals surface area contributed by atoms with Crippen molar-refractivity contribution in [1.29, 1.82) is 0 Å². The molecule has 4 rings (SSSR count). The maximum Gasteiger partial charge on any atom is 0.228 e. The van der Waals surface area contributed by atoms with Crippen LogP contribution in [-0.4, -0.2) is 58.3 Å². The van der Waals surface area contributed by atoms with Gasteiger partial charge in [-0.1, -0.05) is 31.2 Å². The molecule has 0 atom stereocenters. The Hall–Kier alpha value is -2.18. The van der Waals surface area contributed by atoms with Gasteiger partial charge in [-0.2, -0.15) is 0 Å². The predicted octanol–water partition coefficient (Wildman–Crippen LogP) is 2.94. The van der Waals surface area contributed by atoms with E-state index in [9.17, 15) is 4.79 Å². The lowest BCUT2D eigenvalue weighted by Crippen LogP contribution is -2.47. The second-order valence-electron chi connectivity index (χ2n) is 6.92. The van der Waals surface area contributed by atoms with Crippen molar-refractivity contribution < 1.29 is 4.79 Å². The van der Waals surface area contributed by atoms with Crippen LogP contribution in [0.3, 0.4) is 0 Å². The van der Waals surface area contributed by atoms with Crippen molar-refractivity contribution in [2.24, 2.45) is 0 Å². The molecule has 0 N–H and O–H groups in total. The van der Waals surface area contributed by atoms with E-state index in [0.717, 1.165) is 54.5 Å². The van der Waals surface area contributed by atoms with Crippen LogP contribution >= 0.6 is 11.3 Å². The van der Waals surface area contributed by atoms with E-state index < -0.39 is 0 Å². The number of benzene rings is 1. The van der Waals surface area contributed by atoms with E-state index in [0.29, 0.717) is 6.42 Å². The maximum atomic E-state index is 12.6. The van der Waals surface area contributed by atoms with Gasteiger partial charge in [0.05, 0.1) is 12.1 Å². The van der Waals surface area contributed by atoms with E-state index in [-0.39, 0.29) is 5.91 Å². The molecular formula is C20H24N4OS. The average Bonchev–Trinajstić information content (AvgIpc) is 3.24. The number of thiazole rings is 1. The number of carbonyl (C=O) groups is 1. The molecule has 0 saturated carbocycles. The van der Waals surface area contributed by atoms with Crippen molar-refractivity contribution in [3.05, 3.63) is 47.1 Å². The van der Waals surface area contributed by atoms with Crippen LogP contribution in [0.25, 0.3) is 16.2 Å². The molecular weight excluding hydrogens is 344 g/mol. The fourth-order valence-corrected chi connectivity index (χ4v) is 4.20. The van der Waals surface area contributed by atoms with E-state index >= 15 is 0 Å². The lowest BCUT2D eigenvalue weighted by atomic mass is 10.1. The molecule has 136 valence electrons. The third-order valence-electron chi connectivity index (χ3n) is 5.13. The zero-order valence-corrected chi connectivity index (χ0v) is 16.1. The molecule has 5 nitrogen and oxygen atoms in total. The number of aryl methyl sites for hydroxylation is 1. The SMILES string of the molecule is CCc1ccc(-c2cn3c(CC(=O)N4CCN(C)CC4)csc3n2)cc1. The van der Waals surface area contributed by atoms with E-state index in [4.69, 9.17) is 4.98 Å². The van der Waals surface area contributed by atoms with Gasteiger partial charge in [-0.15, -0.1) is 11.3 Å². The fraction of sp³-hybridized carbons (Fsp3) is 0.400. The van der Waals surface area contributed by atoms with Gasteiger partial charge in [-0.3, -0.25) is 9.20 Å². The smallest absolute Gasteiger partial charge is 0.228 e. The molecule has 26 heavy (non-hydrogen) atoms. The lowest BCUT2D eigenvalue weighted by molar-refractivity contribution is -0.132. The number of amides is 1. The predicted molar refractivity (Wildman–Crippen MR) is 106 cm³/mol. The molecule has 1 aliphatic heterocycles. The Morgan fingerprint density at radius 2 is 1.88 bits per heavy atom. The number of hydrogen-bond acceptors (Lipinski definition) is 4. The summed E-state index contributed by atoms with van der Waals surface area (Å²) in [6, 6.07) is 8.56. The first kappa shape index (κ1) is 17.2. The Balaban J connectivity index is 1.53. The van der Waals surface area contributed by atoms with Gasteiger partial charge in [0.1, 0.15) is 0 Å². The number of fused-ring (bicyclic) bond motifs is 1. The summed E-state index contributed by atoms with van der Waals surface area (Å²) in [6.45, 7) is 5.70. The minimum atomic E-state index is 0.209. The largest absolute Gasteiger partial charge is 0.340 e. The standard InChI is InChI=1S/C20H24N4OS/c1-3-15-4-6-16(7-5-15)18-13-24-17(14-26-20(24)21-18)12-19(25)23-10-8-22(2)9-11-23/h4-7,13-14H,3,8-12H2,1-2H3. The summed E-state index contributed by atoms with van der Waals surface area (Å²) < 4.78 is 2.07. The molecule has 6 heteroatoms. The van der Waals surface area contributed by atoms with Crippen LogP contribution in [0.4, 0.5) is 0 Å². The van der Waals surface area contributed by atoms with Crippen LogP contribution < -0.4 is 0 Å². The van der Waals surface area contributed by atoms with E-state index in [1.807, 2.05) is 4.90 Å². The molecule has 2 aromatic heterocycles. The van der Waals surface area contributed by atoms with Crippen LogP contribution in [0.2, 0.25) is 0 Å². The molecule has 3 heterocycles. The molecule has 0 unspecified atom stereocenters. The summed E-state index contributed by atoms with van der Waals surface area (Å²) in [6.07, 6.45) is 3.53. The number of aromatic nitrogens is 2. The van der Waals surface area contributed by atoms with Gasteiger partial charge >= 0.3 is 0 Å². The van der Waals surface area contributed by atoms with Crippen molar-refractivity contribution in [2.45, 2.75) is 19.8 Å². The van der Waals surface area contributed by atoms with Crippen LogP contribution in [0, 0.1) is 0 Å². The van der Waals surface area contributed by atoms with Crippen molar-refractivity contribution in [2.75, 3.05) is 33.2 Å². The zero-order chi connectivity index (χ0) is 18.1. The van der Waals surface area contributed by atoms with Crippen LogP contribution in [0.15, 0.2) is 35.8 Å². The highest BCUT2D eigenvalue weighted by Gasteiger charge is 2.20. The Labute approximate surface area is 157 Å². The molecule has 1 fully saturated rings. The lowest BCUT2D eigenvalue weighted by Gasteiger charge is -2.32. The van der Waals surface area contributed by atoms with Crippen molar-refractivity contribution in [3.63, 3.8) is 0 Å². The first-order valence-electron chi connectivity index (χ1n) is 9.15. The van der Waals surface area contributed by atoms with E-state index in [2.05, 4.69) is 59.1 Å². The van der Waals surface area contributed by atoms with Crippen molar-refractivity contribution in [1.82, 2.24) is 19.2 Å². The average molecular weight is 369 g/mol. The molecule has 3 aromatic rings. The molecule has 0 radical (unpaired) electrons. The van der Waals surface area contributed by atoms with Gasteiger partial charge in [0.15, 0.2) is 4.96 Å².